The van der Waals surface area contributed by atoms with Crippen LogP contribution in [-0.2, 0) is 0 Å². The zero-order chi connectivity index (χ0) is 18.4. The first-order valence-corrected chi connectivity index (χ1v) is 8.51. The van der Waals surface area contributed by atoms with Gasteiger partial charge in [-0.1, -0.05) is 25.4 Å². The van der Waals surface area contributed by atoms with Gasteiger partial charge in [0.1, 0.15) is 11.4 Å². The first kappa shape index (κ1) is 19.0. The Morgan fingerprint density at radius 2 is 2.12 bits per heavy atom. The maximum absolute atomic E-state index is 12.5. The number of nitrogens with zero attached hydrogens (tertiary/aromatic N) is 2. The number of halogens is 1. The SMILES string of the molecule is COc1cc(Cl)c(C)cc1NC(=O)c1ccnc(NCCC(C)C)n1. The van der Waals surface area contributed by atoms with E-state index in [1.807, 2.05) is 6.92 Å². The third kappa shape index (κ3) is 5.32. The zero-order valence-electron chi connectivity index (χ0n) is 14.9. The highest BCUT2D eigenvalue weighted by Gasteiger charge is 2.13. The molecule has 2 aromatic rings. The van der Waals surface area contributed by atoms with E-state index in [4.69, 9.17) is 16.3 Å². The van der Waals surface area contributed by atoms with Crippen LogP contribution in [-0.4, -0.2) is 29.5 Å². The molecular weight excluding hydrogens is 340 g/mol. The lowest BCUT2D eigenvalue weighted by Gasteiger charge is -2.12. The fourth-order valence-electron chi connectivity index (χ4n) is 2.16. The molecule has 134 valence electrons. The van der Waals surface area contributed by atoms with Crippen molar-refractivity contribution in [1.82, 2.24) is 9.97 Å². The summed E-state index contributed by atoms with van der Waals surface area (Å²) in [7, 11) is 1.53. The summed E-state index contributed by atoms with van der Waals surface area (Å²) >= 11 is 6.09. The zero-order valence-corrected chi connectivity index (χ0v) is 15.6. The highest BCUT2D eigenvalue weighted by molar-refractivity contribution is 6.31. The number of anilines is 2. The molecule has 0 spiro atoms. The van der Waals surface area contributed by atoms with Gasteiger partial charge >= 0.3 is 0 Å². The van der Waals surface area contributed by atoms with Crippen LogP contribution in [0.15, 0.2) is 24.4 Å². The van der Waals surface area contributed by atoms with Crippen LogP contribution in [0.25, 0.3) is 0 Å². The molecule has 1 amide bonds. The Balaban J connectivity index is 2.12. The van der Waals surface area contributed by atoms with Gasteiger partial charge in [0, 0.05) is 23.8 Å². The molecule has 0 aliphatic carbocycles. The monoisotopic (exact) mass is 362 g/mol. The second-order valence-electron chi connectivity index (χ2n) is 6.13. The maximum Gasteiger partial charge on any atom is 0.274 e. The van der Waals surface area contributed by atoms with Gasteiger partial charge in [0.2, 0.25) is 5.95 Å². The molecule has 1 aromatic carbocycles. The first-order chi connectivity index (χ1) is 11.9. The lowest BCUT2D eigenvalue weighted by Crippen LogP contribution is -2.16. The van der Waals surface area contributed by atoms with Crippen LogP contribution < -0.4 is 15.4 Å². The van der Waals surface area contributed by atoms with E-state index in [0.29, 0.717) is 28.3 Å². The number of methoxy groups -OCH3 is 1. The van der Waals surface area contributed by atoms with Crippen LogP contribution >= 0.6 is 11.6 Å². The summed E-state index contributed by atoms with van der Waals surface area (Å²) in [6.45, 7) is 6.91. The molecule has 0 saturated heterocycles. The van der Waals surface area contributed by atoms with Crippen LogP contribution in [0.4, 0.5) is 11.6 Å². The number of ether oxygens (including phenoxy) is 1. The van der Waals surface area contributed by atoms with Crippen molar-refractivity contribution in [3.05, 3.63) is 40.7 Å². The summed E-state index contributed by atoms with van der Waals surface area (Å²) in [6, 6.07) is 5.01. The second-order valence-corrected chi connectivity index (χ2v) is 6.54. The first-order valence-electron chi connectivity index (χ1n) is 8.13. The average Bonchev–Trinajstić information content (AvgIpc) is 2.57. The van der Waals surface area contributed by atoms with Gasteiger partial charge in [-0.3, -0.25) is 4.79 Å². The summed E-state index contributed by atoms with van der Waals surface area (Å²) in [4.78, 5) is 20.9. The molecule has 25 heavy (non-hydrogen) atoms. The van der Waals surface area contributed by atoms with Gasteiger partial charge in [0.05, 0.1) is 12.8 Å². The molecule has 0 bridgehead atoms. The van der Waals surface area contributed by atoms with Gasteiger partial charge in [0.15, 0.2) is 0 Å². The number of hydrogen-bond acceptors (Lipinski definition) is 5. The summed E-state index contributed by atoms with van der Waals surface area (Å²) in [5, 5.41) is 6.51. The van der Waals surface area contributed by atoms with E-state index in [2.05, 4.69) is 34.4 Å². The molecule has 1 heterocycles. The van der Waals surface area contributed by atoms with E-state index < -0.39 is 0 Å². The van der Waals surface area contributed by atoms with Gasteiger partial charge < -0.3 is 15.4 Å². The fraction of sp³-hybridized carbons (Fsp3) is 0.389. The number of aryl methyl sites for hydroxylation is 1. The van der Waals surface area contributed by atoms with Crippen molar-refractivity contribution in [2.24, 2.45) is 5.92 Å². The van der Waals surface area contributed by atoms with E-state index in [0.717, 1.165) is 18.5 Å². The Hall–Kier alpha value is -2.34. The van der Waals surface area contributed by atoms with Gasteiger partial charge in [-0.05, 0) is 37.0 Å². The molecule has 0 aliphatic heterocycles. The van der Waals surface area contributed by atoms with Crippen LogP contribution in [0, 0.1) is 12.8 Å². The quantitative estimate of drug-likeness (QED) is 0.773. The van der Waals surface area contributed by atoms with Crippen molar-refractivity contribution in [3.8, 4) is 5.75 Å². The summed E-state index contributed by atoms with van der Waals surface area (Å²) in [5.41, 5.74) is 1.66. The number of amides is 1. The summed E-state index contributed by atoms with van der Waals surface area (Å²) in [6.07, 6.45) is 2.56. The molecular formula is C18H23ClN4O2. The number of hydrogen-bond donors (Lipinski definition) is 2. The van der Waals surface area contributed by atoms with Crippen LogP contribution in [0.1, 0.15) is 36.3 Å². The van der Waals surface area contributed by atoms with Crippen molar-refractivity contribution in [2.45, 2.75) is 27.2 Å². The fourth-order valence-corrected chi connectivity index (χ4v) is 2.31. The van der Waals surface area contributed by atoms with Gasteiger partial charge in [-0.25, -0.2) is 9.97 Å². The molecule has 0 saturated carbocycles. The van der Waals surface area contributed by atoms with E-state index in [1.54, 1.807) is 24.4 Å². The summed E-state index contributed by atoms with van der Waals surface area (Å²) < 4.78 is 5.27. The molecule has 6 nitrogen and oxygen atoms in total. The smallest absolute Gasteiger partial charge is 0.274 e. The third-order valence-corrected chi connectivity index (χ3v) is 4.03. The maximum atomic E-state index is 12.5. The van der Waals surface area contributed by atoms with Crippen molar-refractivity contribution >= 4 is 29.1 Å². The summed E-state index contributed by atoms with van der Waals surface area (Å²) in [5.74, 6) is 1.18. The normalized spacial score (nSPS) is 10.6. The number of carbonyl (C=O) groups is 1. The third-order valence-electron chi connectivity index (χ3n) is 3.62. The van der Waals surface area contributed by atoms with Crippen LogP contribution in [0.3, 0.4) is 0 Å². The topological polar surface area (TPSA) is 76.1 Å². The van der Waals surface area contributed by atoms with Crippen molar-refractivity contribution in [1.29, 1.82) is 0 Å². The molecule has 1 aromatic heterocycles. The van der Waals surface area contributed by atoms with E-state index in [-0.39, 0.29) is 11.6 Å². The van der Waals surface area contributed by atoms with Crippen molar-refractivity contribution in [3.63, 3.8) is 0 Å². The molecule has 2 N–H and O–H groups in total. The Kier molecular flexibility index (Phi) is 6.58. The Labute approximate surface area is 153 Å². The van der Waals surface area contributed by atoms with Crippen LogP contribution in [0.5, 0.6) is 5.75 Å². The molecule has 0 atom stereocenters. The minimum absolute atomic E-state index is 0.275. The van der Waals surface area contributed by atoms with Gasteiger partial charge in [0.25, 0.3) is 5.91 Å². The van der Waals surface area contributed by atoms with Gasteiger partial charge in [-0.2, -0.15) is 0 Å². The van der Waals surface area contributed by atoms with Crippen molar-refractivity contribution < 1.29 is 9.53 Å². The molecule has 0 aliphatic rings. The largest absolute Gasteiger partial charge is 0.495 e. The predicted octanol–water partition coefficient (Wildman–Crippen LogP) is 4.16. The van der Waals surface area contributed by atoms with Gasteiger partial charge in [-0.15, -0.1) is 0 Å². The Morgan fingerprint density at radius 1 is 1.36 bits per heavy atom. The highest BCUT2D eigenvalue weighted by Crippen LogP contribution is 2.31. The number of rotatable bonds is 7. The lowest BCUT2D eigenvalue weighted by molar-refractivity contribution is 0.102. The molecule has 0 fully saturated rings. The van der Waals surface area contributed by atoms with Crippen LogP contribution in [0.2, 0.25) is 5.02 Å². The molecule has 2 rings (SSSR count). The number of nitrogens with one attached hydrogen (secondary N) is 2. The number of benzene rings is 1. The van der Waals surface area contributed by atoms with Crippen molar-refractivity contribution in [2.75, 3.05) is 24.3 Å². The Bertz CT molecular complexity index is 750. The average molecular weight is 363 g/mol. The minimum Gasteiger partial charge on any atom is -0.495 e. The standard InChI is InChI=1S/C18H23ClN4O2/c1-11(2)5-7-20-18-21-8-6-14(23-18)17(24)22-15-9-12(3)13(19)10-16(15)25-4/h6,8-11H,5,7H2,1-4H3,(H,22,24)(H,20,21,23). The van der Waals surface area contributed by atoms with E-state index >= 15 is 0 Å². The molecule has 0 radical (unpaired) electrons. The predicted molar refractivity (Wildman–Crippen MR) is 101 cm³/mol. The molecule has 0 unspecified atom stereocenters. The van der Waals surface area contributed by atoms with E-state index in [9.17, 15) is 4.79 Å². The number of carbonyl (C=O) groups excluding carboxylic acids is 1. The highest BCUT2D eigenvalue weighted by atomic mass is 35.5. The molecule has 7 heteroatoms. The Morgan fingerprint density at radius 3 is 2.80 bits per heavy atom. The minimum atomic E-state index is -0.339. The lowest BCUT2D eigenvalue weighted by atomic mass is 10.1. The number of aromatic nitrogens is 2. The second kappa shape index (κ2) is 8.67. The van der Waals surface area contributed by atoms with E-state index in [1.165, 1.54) is 7.11 Å².